The molecule has 2 aliphatic rings. The maximum absolute atomic E-state index is 14.0. The summed E-state index contributed by atoms with van der Waals surface area (Å²) in [6, 6.07) is 6.22. The van der Waals surface area contributed by atoms with Crippen LogP contribution in [0, 0.1) is 11.8 Å². The van der Waals surface area contributed by atoms with Crippen LogP contribution in [0.3, 0.4) is 0 Å². The lowest BCUT2D eigenvalue weighted by atomic mass is 9.98. The van der Waals surface area contributed by atoms with E-state index in [1.54, 1.807) is 41.5 Å². The normalized spacial score (nSPS) is 16.3. The van der Waals surface area contributed by atoms with Gasteiger partial charge in [-0.05, 0) is 77.9 Å². The number of hydrogen-bond donors (Lipinski definition) is 0. The summed E-state index contributed by atoms with van der Waals surface area (Å²) in [5.41, 5.74) is -2.95. The lowest BCUT2D eigenvalue weighted by Crippen LogP contribution is -2.44. The maximum atomic E-state index is 14.0. The largest absolute Gasteiger partial charge is 0.444 e. The summed E-state index contributed by atoms with van der Waals surface area (Å²) in [5.74, 6) is -9.27. The van der Waals surface area contributed by atoms with Gasteiger partial charge in [0.25, 0.3) is 0 Å². The first-order valence-corrected chi connectivity index (χ1v) is 20.9. The van der Waals surface area contributed by atoms with Crippen LogP contribution in [0.25, 0.3) is 0 Å². The topological polar surface area (TPSA) is 233 Å². The van der Waals surface area contributed by atoms with E-state index >= 15 is 0 Å². The Hall–Kier alpha value is -5.21. The van der Waals surface area contributed by atoms with Crippen molar-refractivity contribution in [3.8, 4) is 0 Å². The molecule has 0 spiro atoms. The second-order valence-electron chi connectivity index (χ2n) is 16.2. The van der Waals surface area contributed by atoms with Crippen molar-refractivity contribution in [1.29, 1.82) is 0 Å². The molecule has 18 nitrogen and oxygen atoms in total. The van der Waals surface area contributed by atoms with Gasteiger partial charge in [-0.3, -0.25) is 38.6 Å². The Labute approximate surface area is 354 Å². The third kappa shape index (κ3) is 12.0. The number of carbonyl (C=O) groups is 8. The summed E-state index contributed by atoms with van der Waals surface area (Å²) < 4.78 is 59.4. The third-order valence-corrected chi connectivity index (χ3v) is 11.0. The molecule has 0 fully saturated rings. The third-order valence-electron chi connectivity index (χ3n) is 9.23. The standard InChI is InChI=1S/C42H52N2O16S/c1-41(2,3)59-39(51)43(13-15-57-19-17-55-7)23-31(45)33-35(47)27-11-9-25(21-29(27)37(33)49)61(53,54)26-10-12-28-30(22-26)38(50)34(36(28)48)32(46)24-44(14-16-58-20-18-56-8)40(52)60-42(4,5)6/h9-12,21-22,33-34H,13-20,23-24H2,1-8H3. The molecule has 0 saturated carbocycles. The molecule has 0 aromatic heterocycles. The number of nitrogens with zero attached hydrogens (tertiary/aromatic N) is 2. The highest BCUT2D eigenvalue weighted by atomic mass is 32.2. The monoisotopic (exact) mass is 872 g/mol. The SMILES string of the molecule is COCCOCCN(CC(=O)C1C(=O)c2ccc(S(=O)(=O)c3ccc4c(c3)C(=O)C(C(=O)CN(CCOCCOC)C(=O)OC(C)(C)C)C4=O)cc2C1=O)C(=O)OC(C)(C)C. The fraction of sp³-hybridized carbons (Fsp3) is 0.524. The molecule has 0 bridgehead atoms. The van der Waals surface area contributed by atoms with Gasteiger partial charge in [0.15, 0.2) is 34.7 Å². The molecule has 0 saturated heterocycles. The predicted molar refractivity (Wildman–Crippen MR) is 214 cm³/mol. The number of methoxy groups -OCH3 is 2. The Balaban J connectivity index is 1.53. The van der Waals surface area contributed by atoms with E-state index in [9.17, 15) is 46.8 Å². The zero-order valence-corrected chi connectivity index (χ0v) is 36.3. The van der Waals surface area contributed by atoms with Crippen molar-refractivity contribution < 1.29 is 75.2 Å². The van der Waals surface area contributed by atoms with E-state index in [4.69, 9.17) is 28.4 Å². The van der Waals surface area contributed by atoms with Gasteiger partial charge in [-0.15, -0.1) is 0 Å². The molecule has 2 aliphatic carbocycles. The average molecular weight is 873 g/mol. The van der Waals surface area contributed by atoms with Crippen molar-refractivity contribution >= 4 is 56.7 Å². The van der Waals surface area contributed by atoms with Gasteiger partial charge in [0.1, 0.15) is 23.0 Å². The fourth-order valence-electron chi connectivity index (χ4n) is 6.32. The molecule has 0 N–H and O–H groups in total. The molecule has 0 aliphatic heterocycles. The number of amides is 2. The number of carbonyl (C=O) groups excluding carboxylic acids is 8. The lowest BCUT2D eigenvalue weighted by molar-refractivity contribution is -0.122. The van der Waals surface area contributed by atoms with Gasteiger partial charge in [0, 0.05) is 49.6 Å². The molecule has 4 rings (SSSR count). The lowest BCUT2D eigenvalue weighted by Gasteiger charge is -2.27. The summed E-state index contributed by atoms with van der Waals surface area (Å²) in [5, 5.41) is 0. The van der Waals surface area contributed by atoms with Gasteiger partial charge < -0.3 is 28.4 Å². The minimum absolute atomic E-state index is 0.0120. The van der Waals surface area contributed by atoms with E-state index in [1.807, 2.05) is 0 Å². The van der Waals surface area contributed by atoms with Crippen LogP contribution < -0.4 is 0 Å². The van der Waals surface area contributed by atoms with Crippen LogP contribution >= 0.6 is 0 Å². The summed E-state index contributed by atoms with van der Waals surface area (Å²) >= 11 is 0. The van der Waals surface area contributed by atoms with Gasteiger partial charge in [0.2, 0.25) is 9.84 Å². The molecule has 19 heteroatoms. The van der Waals surface area contributed by atoms with Gasteiger partial charge in [-0.25, -0.2) is 18.0 Å². The summed E-state index contributed by atoms with van der Waals surface area (Å²) in [6.07, 6.45) is -1.76. The molecule has 2 aromatic carbocycles. The van der Waals surface area contributed by atoms with E-state index in [-0.39, 0.29) is 75.0 Å². The highest BCUT2D eigenvalue weighted by Crippen LogP contribution is 2.35. The highest BCUT2D eigenvalue weighted by molar-refractivity contribution is 7.91. The summed E-state index contributed by atoms with van der Waals surface area (Å²) in [4.78, 5) is 108. The highest BCUT2D eigenvalue weighted by Gasteiger charge is 2.46. The van der Waals surface area contributed by atoms with E-state index in [2.05, 4.69) is 0 Å². The van der Waals surface area contributed by atoms with Crippen LogP contribution in [-0.4, -0.2) is 156 Å². The van der Waals surface area contributed by atoms with Crippen LogP contribution in [0.1, 0.15) is 83.0 Å². The van der Waals surface area contributed by atoms with Crippen LogP contribution in [-0.2, 0) is 47.8 Å². The Kier molecular flexibility index (Phi) is 16.0. The van der Waals surface area contributed by atoms with Crippen LogP contribution in [0.2, 0.25) is 0 Å². The average Bonchev–Trinajstić information content (AvgIpc) is 3.58. The maximum Gasteiger partial charge on any atom is 0.410 e. The van der Waals surface area contributed by atoms with Crippen LogP contribution in [0.5, 0.6) is 0 Å². The molecular weight excluding hydrogens is 821 g/mol. The number of ether oxygens (including phenoxy) is 6. The van der Waals surface area contributed by atoms with E-state index in [1.165, 1.54) is 14.2 Å². The van der Waals surface area contributed by atoms with Crippen molar-refractivity contribution in [2.24, 2.45) is 11.8 Å². The number of benzene rings is 2. The Morgan fingerprint density at radius 2 is 0.885 bits per heavy atom. The summed E-state index contributed by atoms with van der Waals surface area (Å²) in [6.45, 7) is 9.09. The van der Waals surface area contributed by atoms with Crippen molar-refractivity contribution in [1.82, 2.24) is 9.80 Å². The second kappa shape index (κ2) is 20.1. The van der Waals surface area contributed by atoms with Gasteiger partial charge in [-0.2, -0.15) is 0 Å². The number of Topliss-reactive ketones (excluding diaryl/α,β-unsaturated/α-hetero) is 6. The molecule has 2 atom stereocenters. The number of hydrogen-bond acceptors (Lipinski definition) is 16. The molecule has 0 heterocycles. The Morgan fingerprint density at radius 3 is 1.21 bits per heavy atom. The minimum Gasteiger partial charge on any atom is -0.444 e. The Bertz CT molecular complexity index is 2020. The molecular formula is C42H52N2O16S. The predicted octanol–water partition coefficient (Wildman–Crippen LogP) is 3.45. The van der Waals surface area contributed by atoms with Gasteiger partial charge in [0.05, 0.1) is 62.5 Å². The quantitative estimate of drug-likeness (QED) is 0.137. The Morgan fingerprint density at radius 1 is 0.541 bits per heavy atom. The molecule has 2 amide bonds. The number of ketones is 6. The molecule has 332 valence electrons. The zero-order chi connectivity index (χ0) is 45.4. The van der Waals surface area contributed by atoms with Gasteiger partial charge in [-0.1, -0.05) is 0 Å². The molecule has 2 aromatic rings. The van der Waals surface area contributed by atoms with Crippen molar-refractivity contribution in [3.63, 3.8) is 0 Å². The zero-order valence-electron chi connectivity index (χ0n) is 35.5. The van der Waals surface area contributed by atoms with Gasteiger partial charge >= 0.3 is 12.2 Å². The molecule has 0 radical (unpaired) electrons. The first-order valence-electron chi connectivity index (χ1n) is 19.4. The van der Waals surface area contributed by atoms with Crippen LogP contribution in [0.4, 0.5) is 9.59 Å². The molecule has 61 heavy (non-hydrogen) atoms. The van der Waals surface area contributed by atoms with Crippen molar-refractivity contribution in [2.75, 3.05) is 80.0 Å². The number of sulfone groups is 1. The van der Waals surface area contributed by atoms with Crippen LogP contribution in [0.15, 0.2) is 46.2 Å². The van der Waals surface area contributed by atoms with Crippen molar-refractivity contribution in [2.45, 2.75) is 62.5 Å². The van der Waals surface area contributed by atoms with E-state index < -0.39 is 103 Å². The minimum atomic E-state index is -4.55. The number of rotatable bonds is 20. The molecule has 2 unspecified atom stereocenters. The second-order valence-corrected chi connectivity index (χ2v) is 18.1. The number of fused-ring (bicyclic) bond motifs is 2. The van der Waals surface area contributed by atoms with E-state index in [0.717, 1.165) is 46.2 Å². The fourth-order valence-corrected chi connectivity index (χ4v) is 7.63. The summed E-state index contributed by atoms with van der Waals surface area (Å²) in [7, 11) is -1.58. The first-order chi connectivity index (χ1) is 28.5. The van der Waals surface area contributed by atoms with E-state index in [0.29, 0.717) is 0 Å². The first kappa shape index (κ1) is 48.5. The smallest absolute Gasteiger partial charge is 0.410 e. The van der Waals surface area contributed by atoms with Crippen molar-refractivity contribution in [3.05, 3.63) is 58.7 Å².